The molecule has 148 valence electrons. The lowest BCUT2D eigenvalue weighted by atomic mass is 9.87. The number of Topliss-reactive ketones (excluding diaryl/α,β-unsaturated/α-hetero) is 1. The first kappa shape index (κ1) is 21.5. The third-order valence-electron chi connectivity index (χ3n) is 6.76. The molecule has 0 aromatic heterocycles. The van der Waals surface area contributed by atoms with Crippen LogP contribution in [-0.4, -0.2) is 5.78 Å². The number of rotatable bonds is 5. The number of nitrogens with one attached hydrogen (secondary N) is 1. The van der Waals surface area contributed by atoms with Gasteiger partial charge in [-0.15, -0.1) is 0 Å². The second-order valence-electron chi connectivity index (χ2n) is 8.01. The fourth-order valence-electron chi connectivity index (χ4n) is 4.20. The van der Waals surface area contributed by atoms with Gasteiger partial charge in [0.1, 0.15) is 4.49 Å². The minimum absolute atomic E-state index is 0.0631. The molecule has 2 nitrogen and oxygen atoms in total. The van der Waals surface area contributed by atoms with E-state index in [1.54, 1.807) is 24.3 Å². The van der Waals surface area contributed by atoms with Gasteiger partial charge < -0.3 is 5.32 Å². The van der Waals surface area contributed by atoms with Crippen LogP contribution in [0.5, 0.6) is 0 Å². The molecule has 1 aliphatic carbocycles. The molecule has 0 unspecified atom stereocenters. The summed E-state index contributed by atoms with van der Waals surface area (Å²) in [5.41, 5.74) is 0.768. The van der Waals surface area contributed by atoms with Gasteiger partial charge in [0.2, 0.25) is 0 Å². The van der Waals surface area contributed by atoms with E-state index < -0.39 is 10.8 Å². The maximum atomic E-state index is 13.3. The van der Waals surface area contributed by atoms with Gasteiger partial charge in [-0.1, -0.05) is 80.2 Å². The van der Waals surface area contributed by atoms with Gasteiger partial charge >= 0.3 is 0 Å². The van der Waals surface area contributed by atoms with Crippen LogP contribution in [-0.2, 0) is 0 Å². The molecule has 0 aliphatic heterocycles. The first-order valence-corrected chi connectivity index (χ1v) is 10.4. The average molecular weight is 457 g/mol. The van der Waals surface area contributed by atoms with Crippen LogP contribution in [0.1, 0.15) is 38.1 Å². The van der Waals surface area contributed by atoms with Crippen LogP contribution in [0.25, 0.3) is 0 Å². The van der Waals surface area contributed by atoms with Crippen LogP contribution in [0.2, 0.25) is 10.0 Å². The quantitative estimate of drug-likeness (QED) is 0.458. The summed E-state index contributed by atoms with van der Waals surface area (Å²) in [5, 5.41) is 4.26. The summed E-state index contributed by atoms with van der Waals surface area (Å²) in [6.45, 7) is 8.12. The van der Waals surface area contributed by atoms with Crippen LogP contribution >= 0.6 is 46.4 Å². The zero-order valence-electron chi connectivity index (χ0n) is 16.0. The lowest BCUT2D eigenvalue weighted by molar-refractivity contribution is 0.0873. The summed E-state index contributed by atoms with van der Waals surface area (Å²) in [6.07, 6.45) is 1.78. The van der Waals surface area contributed by atoms with Crippen molar-refractivity contribution in [2.75, 3.05) is 5.32 Å². The number of carbonyl (C=O) groups excluding carboxylic acids is 1. The highest BCUT2D eigenvalue weighted by Gasteiger charge is 2.79. The summed E-state index contributed by atoms with van der Waals surface area (Å²) >= 11 is 24.2. The Kier molecular flexibility index (Phi) is 5.57. The number of hydrogen-bond donors (Lipinski definition) is 1. The van der Waals surface area contributed by atoms with E-state index >= 15 is 0 Å². The van der Waals surface area contributed by atoms with Gasteiger partial charge in [-0.25, -0.2) is 0 Å². The fraction of sp³-hybridized carbons (Fsp3) is 0.318. The second kappa shape index (κ2) is 7.25. The molecular weight excluding hydrogens is 436 g/mol. The minimum Gasteiger partial charge on any atom is -0.353 e. The van der Waals surface area contributed by atoms with E-state index in [0.717, 1.165) is 5.69 Å². The van der Waals surface area contributed by atoms with Gasteiger partial charge in [0.15, 0.2) is 5.78 Å². The molecule has 1 saturated carbocycles. The van der Waals surface area contributed by atoms with Crippen molar-refractivity contribution in [2.45, 2.75) is 27.7 Å². The van der Waals surface area contributed by atoms with Crippen molar-refractivity contribution in [1.29, 1.82) is 0 Å². The highest BCUT2D eigenvalue weighted by atomic mass is 35.5. The Morgan fingerprint density at radius 3 is 1.96 bits per heavy atom. The second-order valence-corrected chi connectivity index (χ2v) is 9.84. The van der Waals surface area contributed by atoms with E-state index in [4.69, 9.17) is 46.4 Å². The lowest BCUT2D eigenvalue weighted by Crippen LogP contribution is -2.20. The number of anilines is 2. The van der Waals surface area contributed by atoms with Gasteiger partial charge in [0.05, 0.1) is 15.7 Å². The van der Waals surface area contributed by atoms with E-state index in [-0.39, 0.29) is 15.7 Å². The van der Waals surface area contributed by atoms with E-state index in [1.165, 1.54) is 0 Å². The van der Waals surface area contributed by atoms with Gasteiger partial charge in [0.25, 0.3) is 0 Å². The van der Waals surface area contributed by atoms with Gasteiger partial charge in [-0.3, -0.25) is 4.79 Å². The van der Waals surface area contributed by atoms with E-state index in [2.05, 4.69) is 19.2 Å². The molecule has 6 heteroatoms. The predicted molar refractivity (Wildman–Crippen MR) is 120 cm³/mol. The van der Waals surface area contributed by atoms with Crippen molar-refractivity contribution in [2.24, 2.45) is 16.2 Å². The van der Waals surface area contributed by atoms with E-state index in [0.29, 0.717) is 21.3 Å². The van der Waals surface area contributed by atoms with Crippen LogP contribution in [0, 0.1) is 16.2 Å². The van der Waals surface area contributed by atoms with Crippen LogP contribution in [0.15, 0.2) is 53.0 Å². The van der Waals surface area contributed by atoms with Crippen molar-refractivity contribution < 1.29 is 4.79 Å². The van der Waals surface area contributed by atoms with Crippen molar-refractivity contribution in [3.05, 3.63) is 68.6 Å². The molecular formula is C22H21Cl4NO. The summed E-state index contributed by atoms with van der Waals surface area (Å²) < 4.78 is 0.184. The summed E-state index contributed by atoms with van der Waals surface area (Å²) in [6, 6.07) is 12.6. The number of hydrogen-bond acceptors (Lipinski definition) is 2. The van der Waals surface area contributed by atoms with Crippen LogP contribution in [0.4, 0.5) is 11.4 Å². The molecule has 2 aromatic rings. The first-order chi connectivity index (χ1) is 13.0. The summed E-state index contributed by atoms with van der Waals surface area (Å²) in [4.78, 5) is 13.3. The molecule has 1 fully saturated rings. The van der Waals surface area contributed by atoms with Crippen molar-refractivity contribution in [1.82, 2.24) is 0 Å². The average Bonchev–Trinajstić information content (AvgIpc) is 2.96. The Bertz CT molecular complexity index is 943. The predicted octanol–water partition coefficient (Wildman–Crippen LogP) is 8.29. The number of para-hydroxylation sites is 1. The third kappa shape index (κ3) is 3.15. The molecule has 0 spiro atoms. The van der Waals surface area contributed by atoms with Gasteiger partial charge in [-0.05, 0) is 47.9 Å². The maximum Gasteiger partial charge on any atom is 0.170 e. The summed E-state index contributed by atoms with van der Waals surface area (Å²) in [5.74, 6) is 0.0631. The highest BCUT2D eigenvalue weighted by molar-refractivity contribution is 6.56. The summed E-state index contributed by atoms with van der Waals surface area (Å²) in [7, 11) is 0. The Morgan fingerprint density at radius 2 is 1.46 bits per heavy atom. The number of halogens is 4. The van der Waals surface area contributed by atoms with Crippen molar-refractivity contribution in [3.8, 4) is 0 Å². The first-order valence-electron chi connectivity index (χ1n) is 8.85. The maximum absolute atomic E-state index is 13.3. The highest BCUT2D eigenvalue weighted by Crippen LogP contribution is 2.79. The van der Waals surface area contributed by atoms with E-state index in [1.807, 2.05) is 38.1 Å². The molecule has 2 aromatic carbocycles. The minimum atomic E-state index is -0.601. The SMILES string of the molecule is CC1(C)[C@](C)(C=C(Cl)Cl)[C@@]1(C)C(=O)c1ccc(Nc2c(Cl)cccc2Cl)cc1. The topological polar surface area (TPSA) is 29.1 Å². The Hall–Kier alpha value is -1.19. The Balaban J connectivity index is 1.86. The van der Waals surface area contributed by atoms with E-state index in [9.17, 15) is 4.79 Å². The van der Waals surface area contributed by atoms with Crippen molar-refractivity contribution >= 4 is 63.6 Å². The standard InChI is InChI=1S/C22H21Cl4NO/c1-20(2)21(3,12-17(25)26)22(20,4)19(28)13-8-10-14(11-9-13)27-18-15(23)6-5-7-16(18)24/h5-12,27H,1-4H3/t21-,22-/m0/s1. The zero-order valence-corrected chi connectivity index (χ0v) is 19.1. The van der Waals surface area contributed by atoms with Gasteiger partial charge in [0, 0.05) is 22.1 Å². The number of allylic oxidation sites excluding steroid dienone is 1. The molecule has 2 atom stereocenters. The Labute approximate surface area is 185 Å². The largest absolute Gasteiger partial charge is 0.353 e. The Morgan fingerprint density at radius 1 is 0.929 bits per heavy atom. The number of ketones is 1. The number of carbonyl (C=O) groups is 1. The van der Waals surface area contributed by atoms with Crippen molar-refractivity contribution in [3.63, 3.8) is 0 Å². The monoisotopic (exact) mass is 455 g/mol. The molecule has 3 rings (SSSR count). The fourth-order valence-corrected chi connectivity index (χ4v) is 5.13. The van der Waals surface area contributed by atoms with Crippen LogP contribution in [0.3, 0.4) is 0 Å². The molecule has 28 heavy (non-hydrogen) atoms. The number of benzene rings is 2. The molecule has 1 N–H and O–H groups in total. The van der Waals surface area contributed by atoms with Crippen LogP contribution < -0.4 is 5.32 Å². The smallest absolute Gasteiger partial charge is 0.170 e. The third-order valence-corrected chi connectivity index (χ3v) is 7.60. The molecule has 0 heterocycles. The van der Waals surface area contributed by atoms with Gasteiger partial charge in [-0.2, -0.15) is 0 Å². The lowest BCUT2D eigenvalue weighted by Gasteiger charge is -2.16. The zero-order chi connectivity index (χ0) is 20.9. The molecule has 0 amide bonds. The molecule has 1 aliphatic rings. The molecule has 0 bridgehead atoms. The normalized spacial score (nSPS) is 25.1. The molecule has 0 saturated heterocycles. The molecule has 0 radical (unpaired) electrons.